The number of non-ortho nitro benzene ring substituents is 1. The summed E-state index contributed by atoms with van der Waals surface area (Å²) in [5.41, 5.74) is -1.17. The SMILES string of the molecule is COCCNC(=O)CCNc1c(F)cc([N+](=O)[O-])cc1F. The number of anilines is 1. The second-order valence-corrected chi connectivity index (χ2v) is 4.06. The first-order chi connectivity index (χ1) is 9.95. The zero-order valence-electron chi connectivity index (χ0n) is 11.3. The van der Waals surface area contributed by atoms with Gasteiger partial charge in [-0.1, -0.05) is 0 Å². The summed E-state index contributed by atoms with van der Waals surface area (Å²) < 4.78 is 31.8. The first kappa shape index (κ1) is 16.8. The van der Waals surface area contributed by atoms with Crippen molar-refractivity contribution in [3.05, 3.63) is 33.9 Å². The normalized spacial score (nSPS) is 10.2. The second-order valence-electron chi connectivity index (χ2n) is 4.06. The Kier molecular flexibility index (Phi) is 6.47. The lowest BCUT2D eigenvalue weighted by Gasteiger charge is -2.09. The fraction of sp³-hybridized carbons (Fsp3) is 0.417. The number of nitrogens with zero attached hydrogens (tertiary/aromatic N) is 1. The van der Waals surface area contributed by atoms with Gasteiger partial charge in [-0.3, -0.25) is 14.9 Å². The van der Waals surface area contributed by atoms with E-state index in [0.717, 1.165) is 0 Å². The molecule has 1 aromatic rings. The summed E-state index contributed by atoms with van der Waals surface area (Å²) in [4.78, 5) is 20.9. The van der Waals surface area contributed by atoms with E-state index in [-0.39, 0.29) is 18.9 Å². The summed E-state index contributed by atoms with van der Waals surface area (Å²) in [5.74, 6) is -2.47. The highest BCUT2D eigenvalue weighted by molar-refractivity contribution is 5.76. The number of nitro benzene ring substituents is 1. The predicted molar refractivity (Wildman–Crippen MR) is 71.0 cm³/mol. The topological polar surface area (TPSA) is 93.5 Å². The van der Waals surface area contributed by atoms with Gasteiger partial charge in [-0.2, -0.15) is 0 Å². The molecule has 1 amide bonds. The van der Waals surface area contributed by atoms with Crippen molar-refractivity contribution in [2.24, 2.45) is 0 Å². The molecule has 7 nitrogen and oxygen atoms in total. The Morgan fingerprint density at radius 3 is 2.48 bits per heavy atom. The van der Waals surface area contributed by atoms with Crippen LogP contribution in [-0.2, 0) is 9.53 Å². The molecule has 116 valence electrons. The van der Waals surface area contributed by atoms with Crippen LogP contribution in [0.15, 0.2) is 12.1 Å². The largest absolute Gasteiger partial charge is 0.383 e. The second kappa shape index (κ2) is 8.10. The lowest BCUT2D eigenvalue weighted by molar-refractivity contribution is -0.385. The third-order valence-electron chi connectivity index (χ3n) is 2.52. The minimum absolute atomic E-state index is 0.000415. The molecule has 9 heteroatoms. The molecule has 0 atom stereocenters. The van der Waals surface area contributed by atoms with Crippen molar-refractivity contribution in [1.29, 1.82) is 0 Å². The molecular weight excluding hydrogens is 288 g/mol. The van der Waals surface area contributed by atoms with E-state index in [4.69, 9.17) is 4.74 Å². The van der Waals surface area contributed by atoms with Crippen LogP contribution in [0.4, 0.5) is 20.2 Å². The number of methoxy groups -OCH3 is 1. The van der Waals surface area contributed by atoms with E-state index in [1.165, 1.54) is 7.11 Å². The molecule has 21 heavy (non-hydrogen) atoms. The smallest absolute Gasteiger partial charge is 0.275 e. The molecular formula is C12H15F2N3O4. The summed E-state index contributed by atoms with van der Waals surface area (Å²) in [6.07, 6.45) is -0.000415. The van der Waals surface area contributed by atoms with Gasteiger partial charge in [0.15, 0.2) is 11.6 Å². The average Bonchev–Trinajstić information content (AvgIpc) is 2.41. The Balaban J connectivity index is 2.52. The Hall–Kier alpha value is -2.29. The summed E-state index contributed by atoms with van der Waals surface area (Å²) in [7, 11) is 1.49. The molecule has 0 radical (unpaired) electrons. The van der Waals surface area contributed by atoms with E-state index in [1.807, 2.05) is 0 Å². The Morgan fingerprint density at radius 2 is 1.95 bits per heavy atom. The highest BCUT2D eigenvalue weighted by Crippen LogP contribution is 2.24. The van der Waals surface area contributed by atoms with Crippen molar-refractivity contribution in [2.75, 3.05) is 32.1 Å². The van der Waals surface area contributed by atoms with Gasteiger partial charge in [0.2, 0.25) is 5.91 Å². The molecule has 0 aliphatic rings. The summed E-state index contributed by atoms with van der Waals surface area (Å²) in [6.45, 7) is 0.699. The Labute approximate surface area is 119 Å². The van der Waals surface area contributed by atoms with E-state index in [0.29, 0.717) is 25.3 Å². The number of nitro groups is 1. The van der Waals surface area contributed by atoms with Gasteiger partial charge in [0.1, 0.15) is 5.69 Å². The van der Waals surface area contributed by atoms with Gasteiger partial charge in [0, 0.05) is 26.6 Å². The van der Waals surface area contributed by atoms with Crippen LogP contribution in [0.5, 0.6) is 0 Å². The number of hydrogen-bond donors (Lipinski definition) is 2. The molecule has 0 unspecified atom stereocenters. The maximum atomic E-state index is 13.5. The lowest BCUT2D eigenvalue weighted by Crippen LogP contribution is -2.28. The van der Waals surface area contributed by atoms with Gasteiger partial charge in [-0.25, -0.2) is 8.78 Å². The van der Waals surface area contributed by atoms with Crippen molar-refractivity contribution in [3.8, 4) is 0 Å². The van der Waals surface area contributed by atoms with Crippen LogP contribution in [0.3, 0.4) is 0 Å². The van der Waals surface area contributed by atoms with E-state index in [9.17, 15) is 23.7 Å². The van der Waals surface area contributed by atoms with Crippen LogP contribution in [0.1, 0.15) is 6.42 Å². The van der Waals surface area contributed by atoms with E-state index in [2.05, 4.69) is 10.6 Å². The minimum Gasteiger partial charge on any atom is -0.383 e. The molecule has 0 fully saturated rings. The van der Waals surface area contributed by atoms with E-state index in [1.54, 1.807) is 0 Å². The summed E-state index contributed by atoms with van der Waals surface area (Å²) in [5, 5.41) is 15.4. The molecule has 0 heterocycles. The van der Waals surface area contributed by atoms with Gasteiger partial charge < -0.3 is 15.4 Å². The lowest BCUT2D eigenvalue weighted by atomic mass is 10.2. The summed E-state index contributed by atoms with van der Waals surface area (Å²) >= 11 is 0. The molecule has 1 aromatic carbocycles. The van der Waals surface area contributed by atoms with Crippen LogP contribution in [0, 0.1) is 21.7 Å². The quantitative estimate of drug-likeness (QED) is 0.430. The number of benzene rings is 1. The van der Waals surface area contributed by atoms with Crippen molar-refractivity contribution >= 4 is 17.3 Å². The Morgan fingerprint density at radius 1 is 1.33 bits per heavy atom. The zero-order chi connectivity index (χ0) is 15.8. The van der Waals surface area contributed by atoms with Crippen molar-refractivity contribution in [1.82, 2.24) is 5.32 Å². The highest BCUT2D eigenvalue weighted by Gasteiger charge is 2.16. The van der Waals surface area contributed by atoms with Crippen LogP contribution >= 0.6 is 0 Å². The number of carbonyl (C=O) groups excluding carboxylic acids is 1. The minimum atomic E-state index is -1.08. The maximum absolute atomic E-state index is 13.5. The van der Waals surface area contributed by atoms with Crippen LogP contribution in [0.2, 0.25) is 0 Å². The zero-order valence-corrected chi connectivity index (χ0v) is 11.3. The predicted octanol–water partition coefficient (Wildman–Crippen LogP) is 1.44. The molecule has 0 aliphatic heterocycles. The third-order valence-corrected chi connectivity index (χ3v) is 2.52. The number of amides is 1. The van der Waals surface area contributed by atoms with Gasteiger partial charge in [-0.15, -0.1) is 0 Å². The first-order valence-electron chi connectivity index (χ1n) is 6.08. The molecule has 0 saturated heterocycles. The fourth-order valence-corrected chi connectivity index (χ4v) is 1.52. The Bertz CT molecular complexity index is 502. The molecule has 0 spiro atoms. The number of hydrogen-bond acceptors (Lipinski definition) is 5. The molecule has 0 saturated carbocycles. The van der Waals surface area contributed by atoms with Crippen LogP contribution in [0.25, 0.3) is 0 Å². The van der Waals surface area contributed by atoms with Crippen molar-refractivity contribution < 1.29 is 23.2 Å². The average molecular weight is 303 g/mol. The van der Waals surface area contributed by atoms with E-state index >= 15 is 0 Å². The van der Waals surface area contributed by atoms with Gasteiger partial charge in [0.05, 0.1) is 23.7 Å². The maximum Gasteiger partial charge on any atom is 0.275 e. The number of nitrogens with one attached hydrogen (secondary N) is 2. The third kappa shape index (κ3) is 5.30. The van der Waals surface area contributed by atoms with E-state index < -0.39 is 27.9 Å². The van der Waals surface area contributed by atoms with Crippen molar-refractivity contribution in [3.63, 3.8) is 0 Å². The number of carbonyl (C=O) groups is 1. The summed E-state index contributed by atoms with van der Waals surface area (Å²) in [6, 6.07) is 1.23. The molecule has 1 rings (SSSR count). The monoisotopic (exact) mass is 303 g/mol. The van der Waals surface area contributed by atoms with Gasteiger partial charge in [-0.05, 0) is 0 Å². The standard InChI is InChI=1S/C12H15F2N3O4/c1-21-5-4-15-11(18)2-3-16-12-9(13)6-8(17(19)20)7-10(12)14/h6-7,16H,2-5H2,1H3,(H,15,18). The number of halogens is 2. The number of rotatable bonds is 8. The highest BCUT2D eigenvalue weighted by atomic mass is 19.1. The van der Waals surface area contributed by atoms with Gasteiger partial charge >= 0.3 is 0 Å². The molecule has 0 aliphatic carbocycles. The molecule has 0 bridgehead atoms. The molecule has 2 N–H and O–H groups in total. The molecule has 0 aromatic heterocycles. The first-order valence-corrected chi connectivity index (χ1v) is 6.08. The van der Waals surface area contributed by atoms with Crippen molar-refractivity contribution in [2.45, 2.75) is 6.42 Å². The van der Waals surface area contributed by atoms with Gasteiger partial charge in [0.25, 0.3) is 5.69 Å². The fourth-order valence-electron chi connectivity index (χ4n) is 1.52. The van der Waals surface area contributed by atoms with Crippen LogP contribution < -0.4 is 10.6 Å². The van der Waals surface area contributed by atoms with Crippen LogP contribution in [-0.4, -0.2) is 37.6 Å². The number of ether oxygens (including phenoxy) is 1.